The fraction of sp³-hybridized carbons (Fsp3) is 0.300. The van der Waals surface area contributed by atoms with Gasteiger partial charge in [-0.1, -0.05) is 6.07 Å². The van der Waals surface area contributed by atoms with Crippen molar-refractivity contribution in [1.82, 2.24) is 19.8 Å². The number of nitrogens with zero attached hydrogens (tertiary/aromatic N) is 3. The molecule has 4 heterocycles. The van der Waals surface area contributed by atoms with Crippen molar-refractivity contribution in [2.75, 3.05) is 7.05 Å². The van der Waals surface area contributed by atoms with E-state index in [-0.39, 0.29) is 12.1 Å². The fourth-order valence-electron chi connectivity index (χ4n) is 3.78. The predicted molar refractivity (Wildman–Crippen MR) is 105 cm³/mol. The first-order chi connectivity index (χ1) is 12.6. The number of rotatable bonds is 4. The molecule has 1 N–H and O–H groups in total. The lowest BCUT2D eigenvalue weighted by atomic mass is 9.97. The van der Waals surface area contributed by atoms with E-state index in [4.69, 9.17) is 16.6 Å². The van der Waals surface area contributed by atoms with Crippen molar-refractivity contribution in [3.8, 4) is 0 Å². The smallest absolute Gasteiger partial charge is 0.169 e. The molecule has 0 unspecified atom stereocenters. The molecule has 0 aliphatic carbocycles. The third kappa shape index (κ3) is 2.80. The van der Waals surface area contributed by atoms with Crippen LogP contribution in [0.4, 0.5) is 0 Å². The van der Waals surface area contributed by atoms with Gasteiger partial charge in [-0.3, -0.25) is 4.98 Å². The summed E-state index contributed by atoms with van der Waals surface area (Å²) >= 11 is 5.54. The summed E-state index contributed by atoms with van der Waals surface area (Å²) in [5.41, 5.74) is 4.70. The second-order valence-corrected chi connectivity index (χ2v) is 7.12. The van der Waals surface area contributed by atoms with Crippen molar-refractivity contribution < 1.29 is 4.42 Å². The molecule has 1 saturated heterocycles. The van der Waals surface area contributed by atoms with E-state index in [1.54, 1.807) is 6.26 Å². The minimum Gasteiger partial charge on any atom is -0.467 e. The lowest BCUT2D eigenvalue weighted by molar-refractivity contribution is 0.366. The Hall–Kier alpha value is -2.60. The van der Waals surface area contributed by atoms with Gasteiger partial charge in [-0.15, -0.1) is 0 Å². The molecule has 134 valence electrons. The van der Waals surface area contributed by atoms with Crippen molar-refractivity contribution in [2.24, 2.45) is 0 Å². The van der Waals surface area contributed by atoms with Crippen molar-refractivity contribution in [2.45, 2.75) is 32.5 Å². The maximum absolute atomic E-state index is 5.54. The maximum atomic E-state index is 5.54. The molecule has 3 aromatic rings. The van der Waals surface area contributed by atoms with Gasteiger partial charge in [0.15, 0.2) is 5.11 Å². The van der Waals surface area contributed by atoms with Gasteiger partial charge in [0.2, 0.25) is 0 Å². The van der Waals surface area contributed by atoms with E-state index in [0.29, 0.717) is 0 Å². The molecule has 26 heavy (non-hydrogen) atoms. The number of thiocarbonyl (C=S) groups is 1. The molecule has 1 fully saturated rings. The maximum Gasteiger partial charge on any atom is 0.169 e. The number of pyridine rings is 1. The fourth-order valence-corrected chi connectivity index (χ4v) is 4.02. The zero-order chi connectivity index (χ0) is 18.3. The highest BCUT2D eigenvalue weighted by molar-refractivity contribution is 7.80. The summed E-state index contributed by atoms with van der Waals surface area (Å²) in [5, 5.41) is 4.19. The van der Waals surface area contributed by atoms with Crippen molar-refractivity contribution in [3.63, 3.8) is 0 Å². The summed E-state index contributed by atoms with van der Waals surface area (Å²) in [6, 6.07) is 12.3. The lowest BCUT2D eigenvalue weighted by Crippen LogP contribution is -2.25. The number of hydrogen-bond donors (Lipinski definition) is 1. The Balaban J connectivity index is 1.74. The highest BCUT2D eigenvalue weighted by Crippen LogP contribution is 2.39. The predicted octanol–water partition coefficient (Wildman–Crippen LogP) is 3.74. The zero-order valence-electron chi connectivity index (χ0n) is 15.1. The Morgan fingerprint density at radius 1 is 1.23 bits per heavy atom. The third-order valence-electron chi connectivity index (χ3n) is 5.16. The van der Waals surface area contributed by atoms with Gasteiger partial charge in [-0.2, -0.15) is 0 Å². The van der Waals surface area contributed by atoms with Crippen LogP contribution in [0.2, 0.25) is 0 Å². The Morgan fingerprint density at radius 2 is 2.08 bits per heavy atom. The lowest BCUT2D eigenvalue weighted by Gasteiger charge is -2.24. The average molecular weight is 366 g/mol. The first kappa shape index (κ1) is 16.8. The Morgan fingerprint density at radius 3 is 2.77 bits per heavy atom. The number of aromatic nitrogens is 2. The highest BCUT2D eigenvalue weighted by atomic mass is 32.1. The average Bonchev–Trinajstić information content (AvgIpc) is 3.33. The van der Waals surface area contributed by atoms with Crippen molar-refractivity contribution in [1.29, 1.82) is 0 Å². The van der Waals surface area contributed by atoms with E-state index in [1.165, 1.54) is 17.0 Å². The van der Waals surface area contributed by atoms with Crippen LogP contribution in [0.1, 0.15) is 40.5 Å². The molecule has 0 aromatic carbocycles. The normalized spacial score (nSPS) is 19.8. The summed E-state index contributed by atoms with van der Waals surface area (Å²) in [6.07, 6.45) is 3.55. The van der Waals surface area contributed by atoms with Gasteiger partial charge >= 0.3 is 0 Å². The molecule has 4 rings (SSSR count). The molecule has 0 bridgehead atoms. The van der Waals surface area contributed by atoms with Crippen LogP contribution in [0.3, 0.4) is 0 Å². The molecule has 2 atom stereocenters. The quantitative estimate of drug-likeness (QED) is 0.713. The van der Waals surface area contributed by atoms with Crippen LogP contribution < -0.4 is 5.32 Å². The number of likely N-dealkylation sites (N-methyl/N-ethyl adjacent to an activating group) is 1. The van der Waals surface area contributed by atoms with Gasteiger partial charge in [-0.25, -0.2) is 0 Å². The van der Waals surface area contributed by atoms with Crippen LogP contribution in [-0.2, 0) is 6.54 Å². The van der Waals surface area contributed by atoms with Crippen molar-refractivity contribution in [3.05, 3.63) is 77.3 Å². The SMILES string of the molecule is Cc1cc([C@@H]2[C@@H](c3ccccn3)NC(=S)N2C)c(C)n1Cc1ccco1. The molecular formula is C20H22N4OS. The third-order valence-corrected chi connectivity index (χ3v) is 5.57. The van der Waals surface area contributed by atoms with Crippen LogP contribution in [0, 0.1) is 13.8 Å². The van der Waals surface area contributed by atoms with Gasteiger partial charge < -0.3 is 19.2 Å². The van der Waals surface area contributed by atoms with Crippen LogP contribution in [0.15, 0.2) is 53.3 Å². The Bertz CT molecular complexity index is 917. The molecule has 3 aromatic heterocycles. The topological polar surface area (TPSA) is 46.2 Å². The summed E-state index contributed by atoms with van der Waals surface area (Å²) in [5.74, 6) is 0.952. The van der Waals surface area contributed by atoms with Crippen molar-refractivity contribution >= 4 is 17.3 Å². The molecule has 0 amide bonds. The van der Waals surface area contributed by atoms with E-state index in [9.17, 15) is 0 Å². The largest absolute Gasteiger partial charge is 0.467 e. The zero-order valence-corrected chi connectivity index (χ0v) is 16.0. The molecule has 0 radical (unpaired) electrons. The summed E-state index contributed by atoms with van der Waals surface area (Å²) in [6.45, 7) is 5.03. The van der Waals surface area contributed by atoms with Gasteiger partial charge in [0.1, 0.15) is 5.76 Å². The van der Waals surface area contributed by atoms with Gasteiger partial charge in [0.25, 0.3) is 0 Å². The number of nitrogens with one attached hydrogen (secondary N) is 1. The summed E-state index contributed by atoms with van der Waals surface area (Å²) < 4.78 is 7.83. The van der Waals surface area contributed by atoms with Gasteiger partial charge in [0, 0.05) is 24.6 Å². The summed E-state index contributed by atoms with van der Waals surface area (Å²) in [7, 11) is 2.04. The summed E-state index contributed by atoms with van der Waals surface area (Å²) in [4.78, 5) is 6.69. The molecular weight excluding hydrogens is 344 g/mol. The van der Waals surface area contributed by atoms with Gasteiger partial charge in [-0.05, 0) is 62.0 Å². The minimum absolute atomic E-state index is 0.0336. The number of aryl methyl sites for hydroxylation is 1. The van der Waals surface area contributed by atoms with E-state index in [2.05, 4.69) is 45.7 Å². The second-order valence-electron chi connectivity index (χ2n) is 6.73. The molecule has 1 aliphatic heterocycles. The van der Waals surface area contributed by atoms with Gasteiger partial charge in [0.05, 0.1) is 30.6 Å². The Kier molecular flexibility index (Phi) is 4.28. The van der Waals surface area contributed by atoms with Crippen LogP contribution in [-0.4, -0.2) is 26.6 Å². The molecule has 6 heteroatoms. The molecule has 0 saturated carbocycles. The molecule has 1 aliphatic rings. The second kappa shape index (κ2) is 6.61. The van der Waals surface area contributed by atoms with Crippen LogP contribution in [0.25, 0.3) is 0 Å². The minimum atomic E-state index is 0.0336. The number of hydrogen-bond acceptors (Lipinski definition) is 3. The number of furan rings is 1. The van der Waals surface area contributed by atoms with Crippen LogP contribution in [0.5, 0.6) is 0 Å². The monoisotopic (exact) mass is 366 g/mol. The first-order valence-electron chi connectivity index (χ1n) is 8.69. The molecule has 0 spiro atoms. The standard InChI is InChI=1S/C20H22N4OS/c1-13-11-16(14(2)24(13)12-15-7-6-10-25-15)19-18(22-20(26)23(19)3)17-8-4-5-9-21-17/h4-11,18-19H,12H2,1-3H3,(H,22,26)/t18-,19-/m1/s1. The van der Waals surface area contributed by atoms with E-state index in [1.807, 2.05) is 37.5 Å². The van der Waals surface area contributed by atoms with Crippen LogP contribution >= 0.6 is 12.2 Å². The van der Waals surface area contributed by atoms with E-state index in [0.717, 1.165) is 23.1 Å². The molecule has 5 nitrogen and oxygen atoms in total. The first-order valence-corrected chi connectivity index (χ1v) is 9.10. The van der Waals surface area contributed by atoms with E-state index >= 15 is 0 Å². The van der Waals surface area contributed by atoms with E-state index < -0.39 is 0 Å². The highest BCUT2D eigenvalue weighted by Gasteiger charge is 2.39. The Labute approximate surface area is 158 Å².